The van der Waals surface area contributed by atoms with Crippen LogP contribution in [0, 0.1) is 5.41 Å². The van der Waals surface area contributed by atoms with Gasteiger partial charge in [0.25, 0.3) is 0 Å². The van der Waals surface area contributed by atoms with Crippen LogP contribution in [-0.2, 0) is 0 Å². The normalized spacial score (nSPS) is 18.6. The monoisotopic (exact) mass is 289 g/mol. The fourth-order valence-corrected chi connectivity index (χ4v) is 3.01. The van der Waals surface area contributed by atoms with Crippen LogP contribution >= 0.6 is 0 Å². The Balaban J connectivity index is 1.96. The minimum Gasteiger partial charge on any atom is -0.324 e. The van der Waals surface area contributed by atoms with E-state index in [4.69, 9.17) is 5.73 Å². The number of rotatable bonds is 4. The van der Waals surface area contributed by atoms with Gasteiger partial charge in [-0.2, -0.15) is 0 Å². The highest BCUT2D eigenvalue weighted by atomic mass is 16.2. The molecule has 1 aliphatic heterocycles. The van der Waals surface area contributed by atoms with Crippen molar-refractivity contribution in [2.45, 2.75) is 46.1 Å². The molecule has 2 rings (SSSR count). The van der Waals surface area contributed by atoms with Gasteiger partial charge in [-0.15, -0.1) is 0 Å². The second-order valence-electron chi connectivity index (χ2n) is 6.22. The smallest absolute Gasteiger partial charge is 0.321 e. The van der Waals surface area contributed by atoms with E-state index in [1.165, 1.54) is 0 Å². The zero-order chi connectivity index (χ0) is 15.5. The predicted molar refractivity (Wildman–Crippen MR) is 87.3 cm³/mol. The summed E-state index contributed by atoms with van der Waals surface area (Å²) in [5.74, 6) is 0. The molecule has 1 saturated heterocycles. The number of likely N-dealkylation sites (tertiary alicyclic amines) is 1. The number of anilines is 1. The minimum absolute atomic E-state index is 0.00678. The molecule has 4 heteroatoms. The summed E-state index contributed by atoms with van der Waals surface area (Å²) in [7, 11) is 0. The molecule has 1 aliphatic rings. The molecule has 1 heterocycles. The zero-order valence-corrected chi connectivity index (χ0v) is 13.4. The Morgan fingerprint density at radius 2 is 1.95 bits per heavy atom. The molecular weight excluding hydrogens is 262 g/mol. The fraction of sp³-hybridized carbons (Fsp3) is 0.588. The molecule has 0 saturated carbocycles. The van der Waals surface area contributed by atoms with Gasteiger partial charge in [-0.1, -0.05) is 26.0 Å². The summed E-state index contributed by atoms with van der Waals surface area (Å²) in [6.45, 7) is 8.11. The van der Waals surface area contributed by atoms with E-state index in [9.17, 15) is 4.79 Å². The van der Waals surface area contributed by atoms with Crippen molar-refractivity contribution in [1.82, 2.24) is 4.90 Å². The SMILES string of the molecule is CCC1(CC)CCN(C(=O)Nc2ccc(C(C)N)cc2)C1. The fourth-order valence-electron chi connectivity index (χ4n) is 3.01. The maximum atomic E-state index is 12.3. The van der Waals surface area contributed by atoms with Crippen molar-refractivity contribution < 1.29 is 4.79 Å². The predicted octanol–water partition coefficient (Wildman–Crippen LogP) is 3.75. The Hall–Kier alpha value is -1.55. The highest BCUT2D eigenvalue weighted by Gasteiger charge is 2.36. The Morgan fingerprint density at radius 1 is 1.33 bits per heavy atom. The number of carbonyl (C=O) groups excluding carboxylic acids is 1. The van der Waals surface area contributed by atoms with Gasteiger partial charge < -0.3 is 16.0 Å². The summed E-state index contributed by atoms with van der Waals surface area (Å²) >= 11 is 0. The largest absolute Gasteiger partial charge is 0.324 e. The molecule has 1 unspecified atom stereocenters. The average Bonchev–Trinajstić information content (AvgIpc) is 2.93. The Kier molecular flexibility index (Phi) is 4.88. The van der Waals surface area contributed by atoms with E-state index < -0.39 is 0 Å². The van der Waals surface area contributed by atoms with Crippen LogP contribution in [0.15, 0.2) is 24.3 Å². The Morgan fingerprint density at radius 3 is 2.43 bits per heavy atom. The van der Waals surface area contributed by atoms with Crippen molar-refractivity contribution in [1.29, 1.82) is 0 Å². The van der Waals surface area contributed by atoms with Crippen molar-refractivity contribution in [3.63, 3.8) is 0 Å². The third kappa shape index (κ3) is 3.56. The van der Waals surface area contributed by atoms with Crippen molar-refractivity contribution in [2.24, 2.45) is 11.1 Å². The topological polar surface area (TPSA) is 58.4 Å². The van der Waals surface area contributed by atoms with E-state index in [2.05, 4.69) is 19.2 Å². The minimum atomic E-state index is 0.00678. The number of urea groups is 1. The Bertz CT molecular complexity index is 477. The molecule has 0 bridgehead atoms. The quantitative estimate of drug-likeness (QED) is 0.887. The van der Waals surface area contributed by atoms with Gasteiger partial charge in [-0.25, -0.2) is 4.79 Å². The summed E-state index contributed by atoms with van der Waals surface area (Å²) < 4.78 is 0. The van der Waals surface area contributed by atoms with Crippen LogP contribution in [0.2, 0.25) is 0 Å². The van der Waals surface area contributed by atoms with Crippen molar-refractivity contribution in [3.8, 4) is 0 Å². The van der Waals surface area contributed by atoms with Gasteiger partial charge in [0.05, 0.1) is 0 Å². The van der Waals surface area contributed by atoms with E-state index in [1.54, 1.807) is 0 Å². The van der Waals surface area contributed by atoms with E-state index in [1.807, 2.05) is 36.1 Å². The number of nitrogens with two attached hydrogens (primary N) is 1. The third-order valence-electron chi connectivity index (χ3n) is 4.91. The van der Waals surface area contributed by atoms with E-state index in [0.29, 0.717) is 5.41 Å². The highest BCUT2D eigenvalue weighted by molar-refractivity contribution is 5.89. The first-order valence-corrected chi connectivity index (χ1v) is 7.91. The van der Waals surface area contributed by atoms with Crippen molar-refractivity contribution in [2.75, 3.05) is 18.4 Å². The zero-order valence-electron chi connectivity index (χ0n) is 13.4. The van der Waals surface area contributed by atoms with Gasteiger partial charge in [0.15, 0.2) is 0 Å². The number of hydrogen-bond acceptors (Lipinski definition) is 2. The van der Waals surface area contributed by atoms with Crippen LogP contribution in [0.3, 0.4) is 0 Å². The average molecular weight is 289 g/mol. The highest BCUT2D eigenvalue weighted by Crippen LogP contribution is 2.37. The van der Waals surface area contributed by atoms with Crippen LogP contribution in [0.4, 0.5) is 10.5 Å². The van der Waals surface area contributed by atoms with Gasteiger partial charge in [0.1, 0.15) is 0 Å². The molecule has 0 aromatic heterocycles. The number of nitrogens with one attached hydrogen (secondary N) is 1. The first-order valence-electron chi connectivity index (χ1n) is 7.91. The second-order valence-corrected chi connectivity index (χ2v) is 6.22. The van der Waals surface area contributed by atoms with Gasteiger partial charge in [0.2, 0.25) is 0 Å². The number of hydrogen-bond donors (Lipinski definition) is 2. The first-order chi connectivity index (χ1) is 9.99. The lowest BCUT2D eigenvalue weighted by atomic mass is 9.82. The molecule has 0 spiro atoms. The lowest BCUT2D eigenvalue weighted by Gasteiger charge is -2.26. The first kappa shape index (κ1) is 15.8. The van der Waals surface area contributed by atoms with Gasteiger partial charge >= 0.3 is 6.03 Å². The standard InChI is InChI=1S/C17H27N3O/c1-4-17(5-2)10-11-20(12-17)16(21)19-15-8-6-14(7-9-15)13(3)18/h6-9,13H,4-5,10-12,18H2,1-3H3,(H,19,21). The molecule has 116 valence electrons. The van der Waals surface area contributed by atoms with Gasteiger partial charge in [0, 0.05) is 24.8 Å². The molecule has 2 amide bonds. The van der Waals surface area contributed by atoms with Gasteiger partial charge in [-0.05, 0) is 49.3 Å². The number of carbonyl (C=O) groups is 1. The van der Waals surface area contributed by atoms with Gasteiger partial charge in [-0.3, -0.25) is 0 Å². The van der Waals surface area contributed by atoms with E-state index in [0.717, 1.165) is 43.6 Å². The van der Waals surface area contributed by atoms with Crippen molar-refractivity contribution in [3.05, 3.63) is 29.8 Å². The van der Waals surface area contributed by atoms with Crippen LogP contribution in [0.5, 0.6) is 0 Å². The Labute approximate surface area is 127 Å². The van der Waals surface area contributed by atoms with Crippen LogP contribution in [-0.4, -0.2) is 24.0 Å². The maximum absolute atomic E-state index is 12.3. The van der Waals surface area contributed by atoms with E-state index in [-0.39, 0.29) is 12.1 Å². The number of benzene rings is 1. The summed E-state index contributed by atoms with van der Waals surface area (Å²) in [5.41, 5.74) is 8.05. The second kappa shape index (κ2) is 6.48. The summed E-state index contributed by atoms with van der Waals surface area (Å²) in [6, 6.07) is 7.79. The summed E-state index contributed by atoms with van der Waals surface area (Å²) in [4.78, 5) is 14.3. The third-order valence-corrected chi connectivity index (χ3v) is 4.91. The molecule has 1 fully saturated rings. The lowest BCUT2D eigenvalue weighted by Crippen LogP contribution is -2.35. The van der Waals surface area contributed by atoms with Crippen LogP contribution in [0.25, 0.3) is 0 Å². The maximum Gasteiger partial charge on any atom is 0.321 e. The van der Waals surface area contributed by atoms with E-state index >= 15 is 0 Å². The summed E-state index contributed by atoms with van der Waals surface area (Å²) in [6.07, 6.45) is 3.38. The van der Waals surface area contributed by atoms with Crippen LogP contribution < -0.4 is 11.1 Å². The number of amides is 2. The molecule has 4 nitrogen and oxygen atoms in total. The molecule has 1 aromatic carbocycles. The molecule has 1 atom stereocenters. The van der Waals surface area contributed by atoms with Crippen LogP contribution in [0.1, 0.15) is 51.6 Å². The molecule has 21 heavy (non-hydrogen) atoms. The molecular formula is C17H27N3O. The summed E-state index contributed by atoms with van der Waals surface area (Å²) in [5, 5.41) is 2.98. The molecule has 0 aliphatic carbocycles. The lowest BCUT2D eigenvalue weighted by molar-refractivity contribution is 0.209. The molecule has 3 N–H and O–H groups in total. The number of nitrogens with zero attached hydrogens (tertiary/aromatic N) is 1. The van der Waals surface area contributed by atoms with Crippen molar-refractivity contribution >= 4 is 11.7 Å². The molecule has 0 radical (unpaired) electrons. The molecule has 1 aromatic rings.